The van der Waals surface area contributed by atoms with E-state index in [1.54, 1.807) is 0 Å². The molecule has 0 aromatic heterocycles. The first-order chi connectivity index (χ1) is 8.49. The standard InChI is InChI=1S/C12H13BrO5/c1-18-9-5-7(10(14)2-3-13)4-8(6-9)11(15)12(16)17/h4-6,11,15H,2-3H2,1H3,(H,16,17). The van der Waals surface area contributed by atoms with Crippen LogP contribution in [0, 0.1) is 0 Å². The highest BCUT2D eigenvalue weighted by molar-refractivity contribution is 9.09. The molecule has 98 valence electrons. The number of carbonyl (C=O) groups excluding carboxylic acids is 1. The lowest BCUT2D eigenvalue weighted by atomic mass is 10.0. The molecule has 0 radical (unpaired) electrons. The van der Waals surface area contributed by atoms with Crippen LogP contribution in [0.5, 0.6) is 5.75 Å². The molecule has 0 aliphatic carbocycles. The van der Waals surface area contributed by atoms with Crippen molar-refractivity contribution in [2.75, 3.05) is 12.4 Å². The van der Waals surface area contributed by atoms with Crippen LogP contribution in [0.2, 0.25) is 0 Å². The number of aliphatic hydroxyl groups is 1. The van der Waals surface area contributed by atoms with Gasteiger partial charge in [0, 0.05) is 17.3 Å². The summed E-state index contributed by atoms with van der Waals surface area (Å²) in [5.41, 5.74) is 0.448. The Kier molecular flexibility index (Phi) is 5.30. The zero-order valence-corrected chi connectivity index (χ0v) is 11.3. The van der Waals surface area contributed by atoms with Crippen molar-refractivity contribution in [2.45, 2.75) is 12.5 Å². The van der Waals surface area contributed by atoms with E-state index in [-0.39, 0.29) is 17.8 Å². The maximum absolute atomic E-state index is 11.7. The van der Waals surface area contributed by atoms with E-state index in [2.05, 4.69) is 15.9 Å². The number of ketones is 1. The molecule has 6 heteroatoms. The summed E-state index contributed by atoms with van der Waals surface area (Å²) < 4.78 is 4.99. The van der Waals surface area contributed by atoms with E-state index in [4.69, 9.17) is 9.84 Å². The molecule has 0 spiro atoms. The van der Waals surface area contributed by atoms with Crippen LogP contribution in [0.1, 0.15) is 28.4 Å². The summed E-state index contributed by atoms with van der Waals surface area (Å²) in [5.74, 6) is -1.18. The number of methoxy groups -OCH3 is 1. The minimum absolute atomic E-state index is 0.125. The van der Waals surface area contributed by atoms with E-state index in [1.807, 2.05) is 0 Å². The Bertz CT molecular complexity index is 458. The lowest BCUT2D eigenvalue weighted by Gasteiger charge is -2.10. The molecule has 1 atom stereocenters. The largest absolute Gasteiger partial charge is 0.497 e. The number of halogens is 1. The van der Waals surface area contributed by atoms with Gasteiger partial charge in [0.05, 0.1) is 7.11 Å². The molecular formula is C12H13BrO5. The van der Waals surface area contributed by atoms with Crippen LogP contribution in [0.4, 0.5) is 0 Å². The molecule has 18 heavy (non-hydrogen) atoms. The van der Waals surface area contributed by atoms with Gasteiger partial charge in [-0.05, 0) is 23.8 Å². The molecule has 1 aromatic rings. The van der Waals surface area contributed by atoms with Crippen molar-refractivity contribution in [1.82, 2.24) is 0 Å². The molecule has 0 saturated heterocycles. The fourth-order valence-electron chi connectivity index (χ4n) is 1.43. The minimum Gasteiger partial charge on any atom is -0.497 e. The molecule has 0 aliphatic heterocycles. The fraction of sp³-hybridized carbons (Fsp3) is 0.333. The van der Waals surface area contributed by atoms with Gasteiger partial charge >= 0.3 is 5.97 Å². The summed E-state index contributed by atoms with van der Waals surface area (Å²) in [6.07, 6.45) is -1.38. The summed E-state index contributed by atoms with van der Waals surface area (Å²) in [7, 11) is 1.41. The Morgan fingerprint density at radius 2 is 2.06 bits per heavy atom. The van der Waals surface area contributed by atoms with Crippen molar-refractivity contribution in [2.24, 2.45) is 0 Å². The van der Waals surface area contributed by atoms with E-state index in [9.17, 15) is 14.7 Å². The van der Waals surface area contributed by atoms with E-state index in [0.29, 0.717) is 16.6 Å². The summed E-state index contributed by atoms with van der Waals surface area (Å²) in [4.78, 5) is 22.5. The Hall–Kier alpha value is -1.40. The summed E-state index contributed by atoms with van der Waals surface area (Å²) in [5, 5.41) is 18.7. The van der Waals surface area contributed by atoms with E-state index in [0.717, 1.165) is 0 Å². The number of hydrogen-bond donors (Lipinski definition) is 2. The summed E-state index contributed by atoms with van der Waals surface area (Å²) >= 11 is 3.16. The van der Waals surface area contributed by atoms with Crippen LogP contribution in [-0.2, 0) is 4.79 Å². The molecule has 0 bridgehead atoms. The van der Waals surface area contributed by atoms with Crippen molar-refractivity contribution < 1.29 is 24.5 Å². The van der Waals surface area contributed by atoms with Gasteiger partial charge in [0.1, 0.15) is 5.75 Å². The van der Waals surface area contributed by atoms with Crippen molar-refractivity contribution in [3.8, 4) is 5.75 Å². The normalized spacial score (nSPS) is 11.9. The number of Topliss-reactive ketones (excluding diaryl/α,β-unsaturated/α-hetero) is 1. The van der Waals surface area contributed by atoms with E-state index in [1.165, 1.54) is 25.3 Å². The lowest BCUT2D eigenvalue weighted by Crippen LogP contribution is -2.12. The number of ether oxygens (including phenoxy) is 1. The second-order valence-electron chi connectivity index (χ2n) is 3.60. The Balaban J connectivity index is 3.16. The van der Waals surface area contributed by atoms with Gasteiger partial charge in [-0.25, -0.2) is 4.79 Å². The second-order valence-corrected chi connectivity index (χ2v) is 4.39. The quantitative estimate of drug-likeness (QED) is 0.617. The Morgan fingerprint density at radius 3 is 2.56 bits per heavy atom. The number of carbonyl (C=O) groups is 2. The third kappa shape index (κ3) is 3.54. The smallest absolute Gasteiger partial charge is 0.337 e. The van der Waals surface area contributed by atoms with Crippen LogP contribution >= 0.6 is 15.9 Å². The molecule has 0 saturated carbocycles. The average Bonchev–Trinajstić information content (AvgIpc) is 2.37. The van der Waals surface area contributed by atoms with Crippen molar-refractivity contribution in [3.05, 3.63) is 29.3 Å². The minimum atomic E-state index is -1.67. The monoisotopic (exact) mass is 316 g/mol. The highest BCUT2D eigenvalue weighted by Crippen LogP contribution is 2.23. The summed E-state index contributed by atoms with van der Waals surface area (Å²) in [6.45, 7) is 0. The number of hydrogen-bond acceptors (Lipinski definition) is 4. The van der Waals surface area contributed by atoms with E-state index >= 15 is 0 Å². The predicted molar refractivity (Wildman–Crippen MR) is 68.3 cm³/mol. The number of aliphatic carboxylic acids is 1. The van der Waals surface area contributed by atoms with Crippen LogP contribution < -0.4 is 4.74 Å². The van der Waals surface area contributed by atoms with Crippen LogP contribution in [0.25, 0.3) is 0 Å². The molecule has 5 nitrogen and oxygen atoms in total. The number of aliphatic hydroxyl groups excluding tert-OH is 1. The third-order valence-electron chi connectivity index (χ3n) is 2.36. The van der Waals surface area contributed by atoms with Gasteiger partial charge in [0.15, 0.2) is 11.9 Å². The number of carboxylic acids is 1. The Labute approximate surface area is 113 Å². The average molecular weight is 317 g/mol. The zero-order valence-electron chi connectivity index (χ0n) is 9.72. The molecular weight excluding hydrogens is 304 g/mol. The number of benzene rings is 1. The van der Waals surface area contributed by atoms with Gasteiger partial charge in [-0.1, -0.05) is 15.9 Å². The highest BCUT2D eigenvalue weighted by Gasteiger charge is 2.19. The SMILES string of the molecule is COc1cc(C(=O)CCBr)cc(C(O)C(=O)O)c1. The first-order valence-electron chi connectivity index (χ1n) is 5.18. The van der Waals surface area contributed by atoms with Crippen molar-refractivity contribution in [1.29, 1.82) is 0 Å². The second kappa shape index (κ2) is 6.51. The number of rotatable bonds is 6. The summed E-state index contributed by atoms with van der Waals surface area (Å²) in [6, 6.07) is 4.28. The highest BCUT2D eigenvalue weighted by atomic mass is 79.9. The van der Waals surface area contributed by atoms with Gasteiger partial charge in [0.25, 0.3) is 0 Å². The molecule has 2 N–H and O–H groups in total. The molecule has 0 fully saturated rings. The van der Waals surface area contributed by atoms with Gasteiger partial charge in [-0.3, -0.25) is 4.79 Å². The maximum Gasteiger partial charge on any atom is 0.337 e. The topological polar surface area (TPSA) is 83.8 Å². The Morgan fingerprint density at radius 1 is 1.39 bits per heavy atom. The lowest BCUT2D eigenvalue weighted by molar-refractivity contribution is -0.146. The van der Waals surface area contributed by atoms with Crippen LogP contribution in [0.3, 0.4) is 0 Å². The first-order valence-corrected chi connectivity index (χ1v) is 6.30. The molecule has 1 aromatic carbocycles. The molecule has 0 aliphatic rings. The molecule has 0 amide bonds. The predicted octanol–water partition coefficient (Wildman–Crippen LogP) is 1.78. The van der Waals surface area contributed by atoms with Crippen LogP contribution in [-0.4, -0.2) is 34.4 Å². The third-order valence-corrected chi connectivity index (χ3v) is 2.75. The molecule has 1 unspecified atom stereocenters. The maximum atomic E-state index is 11.7. The zero-order chi connectivity index (χ0) is 13.7. The fourth-order valence-corrected chi connectivity index (χ4v) is 1.79. The van der Waals surface area contributed by atoms with Gasteiger partial charge in [-0.2, -0.15) is 0 Å². The van der Waals surface area contributed by atoms with E-state index < -0.39 is 12.1 Å². The van der Waals surface area contributed by atoms with Crippen molar-refractivity contribution in [3.63, 3.8) is 0 Å². The van der Waals surface area contributed by atoms with Gasteiger partial charge in [0.2, 0.25) is 0 Å². The molecule has 0 heterocycles. The van der Waals surface area contributed by atoms with Gasteiger partial charge < -0.3 is 14.9 Å². The van der Waals surface area contributed by atoms with Gasteiger partial charge in [-0.15, -0.1) is 0 Å². The van der Waals surface area contributed by atoms with Crippen molar-refractivity contribution >= 4 is 27.7 Å². The van der Waals surface area contributed by atoms with Crippen LogP contribution in [0.15, 0.2) is 18.2 Å². The molecule has 1 rings (SSSR count). The first kappa shape index (κ1) is 14.7. The number of carboxylic acid groups (broad SMARTS) is 1. The number of alkyl halides is 1.